The van der Waals surface area contributed by atoms with Crippen molar-refractivity contribution in [3.05, 3.63) is 23.9 Å². The molecule has 0 aliphatic rings. The van der Waals surface area contributed by atoms with Crippen LogP contribution in [-0.4, -0.2) is 11.0 Å². The van der Waals surface area contributed by atoms with E-state index in [9.17, 15) is 0 Å². The van der Waals surface area contributed by atoms with E-state index in [4.69, 9.17) is 11.5 Å². The number of hydrogen-bond donors (Lipinski definition) is 2. The van der Waals surface area contributed by atoms with Gasteiger partial charge in [0, 0.05) is 12.2 Å². The van der Waals surface area contributed by atoms with Crippen molar-refractivity contribution >= 4 is 5.82 Å². The molecule has 60 valence electrons. The van der Waals surface area contributed by atoms with E-state index in [0.29, 0.717) is 5.82 Å². The van der Waals surface area contributed by atoms with Crippen LogP contribution in [0.4, 0.5) is 5.82 Å². The maximum atomic E-state index is 5.61. The highest BCUT2D eigenvalue weighted by Gasteiger charge is 2.00. The van der Waals surface area contributed by atoms with Crippen molar-refractivity contribution in [2.45, 2.75) is 19.4 Å². The van der Waals surface area contributed by atoms with E-state index in [0.717, 1.165) is 12.0 Å². The molecular weight excluding hydrogens is 138 g/mol. The Kier molecular flexibility index (Phi) is 2.44. The van der Waals surface area contributed by atoms with Gasteiger partial charge in [-0.15, -0.1) is 0 Å². The topological polar surface area (TPSA) is 64.9 Å². The number of nitrogens with zero attached hydrogens (tertiary/aromatic N) is 1. The van der Waals surface area contributed by atoms with E-state index in [1.54, 1.807) is 6.20 Å². The number of rotatable bonds is 2. The maximum Gasteiger partial charge on any atom is 0.126 e. The lowest BCUT2D eigenvalue weighted by Gasteiger charge is -2.06. The molecule has 3 heteroatoms. The van der Waals surface area contributed by atoms with E-state index >= 15 is 0 Å². The smallest absolute Gasteiger partial charge is 0.126 e. The predicted octanol–water partition coefficient (Wildman–Crippen LogP) is 0.554. The van der Waals surface area contributed by atoms with Crippen LogP contribution < -0.4 is 11.5 Å². The summed E-state index contributed by atoms with van der Waals surface area (Å²) in [7, 11) is 0. The van der Waals surface area contributed by atoms with Gasteiger partial charge in [0.05, 0.1) is 0 Å². The van der Waals surface area contributed by atoms with Crippen molar-refractivity contribution in [1.82, 2.24) is 4.98 Å². The first-order valence-corrected chi connectivity index (χ1v) is 3.65. The van der Waals surface area contributed by atoms with E-state index in [1.165, 1.54) is 0 Å². The second kappa shape index (κ2) is 3.34. The number of anilines is 1. The summed E-state index contributed by atoms with van der Waals surface area (Å²) in [6, 6.07) is 3.96. The molecule has 0 saturated heterocycles. The van der Waals surface area contributed by atoms with Crippen molar-refractivity contribution in [1.29, 1.82) is 0 Å². The number of aromatic nitrogens is 1. The normalized spacial score (nSPS) is 12.9. The highest BCUT2D eigenvalue weighted by atomic mass is 14.8. The van der Waals surface area contributed by atoms with Gasteiger partial charge >= 0.3 is 0 Å². The summed E-state index contributed by atoms with van der Waals surface area (Å²) in [5, 5.41) is 0. The fourth-order valence-corrected chi connectivity index (χ4v) is 0.970. The molecule has 0 bridgehead atoms. The van der Waals surface area contributed by atoms with Crippen LogP contribution in [0.25, 0.3) is 0 Å². The van der Waals surface area contributed by atoms with Crippen molar-refractivity contribution in [2.24, 2.45) is 5.73 Å². The first-order valence-electron chi connectivity index (χ1n) is 3.65. The Morgan fingerprint density at radius 1 is 1.64 bits per heavy atom. The predicted molar refractivity (Wildman–Crippen MR) is 46.0 cm³/mol. The molecule has 1 aromatic heterocycles. The lowest BCUT2D eigenvalue weighted by molar-refractivity contribution is 0.737. The van der Waals surface area contributed by atoms with E-state index < -0.39 is 0 Å². The minimum atomic E-state index is 0.140. The number of nitrogens with two attached hydrogens (primary N) is 2. The van der Waals surface area contributed by atoms with Gasteiger partial charge in [-0.2, -0.15) is 0 Å². The maximum absolute atomic E-state index is 5.61. The second-order valence-electron chi connectivity index (χ2n) is 2.73. The average Bonchev–Trinajstić information content (AvgIpc) is 1.93. The monoisotopic (exact) mass is 151 g/mol. The standard InChI is InChI=1S/C8H13N3/c1-6(9)5-7-3-2-4-11-8(7)10/h2-4,6H,5,9H2,1H3,(H2,10,11). The molecule has 4 N–H and O–H groups in total. The Bertz CT molecular complexity index is 233. The molecule has 0 saturated carbocycles. The van der Waals surface area contributed by atoms with Gasteiger partial charge in [0.15, 0.2) is 0 Å². The van der Waals surface area contributed by atoms with E-state index in [2.05, 4.69) is 4.98 Å². The van der Waals surface area contributed by atoms with Gasteiger partial charge in [0.25, 0.3) is 0 Å². The molecular formula is C8H13N3. The average molecular weight is 151 g/mol. The molecule has 0 aromatic carbocycles. The molecule has 0 aliphatic carbocycles. The Morgan fingerprint density at radius 3 is 2.91 bits per heavy atom. The first-order chi connectivity index (χ1) is 5.20. The molecule has 11 heavy (non-hydrogen) atoms. The van der Waals surface area contributed by atoms with Crippen molar-refractivity contribution in [2.75, 3.05) is 5.73 Å². The van der Waals surface area contributed by atoms with Gasteiger partial charge in [-0.1, -0.05) is 6.07 Å². The number of pyridine rings is 1. The number of hydrogen-bond acceptors (Lipinski definition) is 3. The lowest BCUT2D eigenvalue weighted by Crippen LogP contribution is -2.18. The van der Waals surface area contributed by atoms with Gasteiger partial charge in [-0.3, -0.25) is 0 Å². The third-order valence-electron chi connectivity index (χ3n) is 1.47. The molecule has 0 amide bonds. The Morgan fingerprint density at radius 2 is 2.36 bits per heavy atom. The SMILES string of the molecule is CC(N)Cc1cccnc1N. The fraction of sp³-hybridized carbons (Fsp3) is 0.375. The zero-order valence-corrected chi connectivity index (χ0v) is 6.62. The third kappa shape index (κ3) is 2.20. The minimum Gasteiger partial charge on any atom is -0.383 e. The van der Waals surface area contributed by atoms with Crippen LogP contribution >= 0.6 is 0 Å². The van der Waals surface area contributed by atoms with Crippen molar-refractivity contribution in [3.8, 4) is 0 Å². The van der Waals surface area contributed by atoms with Crippen LogP contribution in [0.1, 0.15) is 12.5 Å². The minimum absolute atomic E-state index is 0.140. The van der Waals surface area contributed by atoms with Crippen LogP contribution in [0.2, 0.25) is 0 Å². The Balaban J connectivity index is 2.78. The highest BCUT2D eigenvalue weighted by molar-refractivity contribution is 5.38. The van der Waals surface area contributed by atoms with Gasteiger partial charge in [-0.05, 0) is 25.0 Å². The molecule has 1 aromatic rings. The second-order valence-corrected chi connectivity index (χ2v) is 2.73. The summed E-state index contributed by atoms with van der Waals surface area (Å²) in [5.74, 6) is 0.588. The van der Waals surface area contributed by atoms with Crippen molar-refractivity contribution in [3.63, 3.8) is 0 Å². The molecule has 1 atom stereocenters. The van der Waals surface area contributed by atoms with Crippen LogP contribution in [-0.2, 0) is 6.42 Å². The van der Waals surface area contributed by atoms with E-state index in [-0.39, 0.29) is 6.04 Å². The molecule has 0 aliphatic heterocycles. The summed E-state index contributed by atoms with van der Waals surface area (Å²) < 4.78 is 0. The Hall–Kier alpha value is -1.09. The highest BCUT2D eigenvalue weighted by Crippen LogP contribution is 2.08. The van der Waals surface area contributed by atoms with Gasteiger partial charge in [-0.25, -0.2) is 4.98 Å². The summed E-state index contributed by atoms with van der Waals surface area (Å²) in [4.78, 5) is 3.95. The largest absolute Gasteiger partial charge is 0.383 e. The third-order valence-corrected chi connectivity index (χ3v) is 1.47. The van der Waals surface area contributed by atoms with Crippen LogP contribution in [0.5, 0.6) is 0 Å². The summed E-state index contributed by atoms with van der Waals surface area (Å²) in [6.07, 6.45) is 2.47. The molecule has 0 fully saturated rings. The molecule has 1 heterocycles. The Labute approximate surface area is 66.4 Å². The van der Waals surface area contributed by atoms with Crippen LogP contribution in [0, 0.1) is 0 Å². The van der Waals surface area contributed by atoms with Crippen LogP contribution in [0.3, 0.4) is 0 Å². The zero-order valence-electron chi connectivity index (χ0n) is 6.62. The lowest BCUT2D eigenvalue weighted by atomic mass is 10.1. The quantitative estimate of drug-likeness (QED) is 0.648. The molecule has 1 rings (SSSR count). The summed E-state index contributed by atoms with van der Waals surface area (Å²) in [6.45, 7) is 1.95. The zero-order chi connectivity index (χ0) is 8.27. The summed E-state index contributed by atoms with van der Waals surface area (Å²) >= 11 is 0. The number of nitrogen functional groups attached to an aromatic ring is 1. The summed E-state index contributed by atoms with van der Waals surface area (Å²) in [5.41, 5.74) is 12.2. The van der Waals surface area contributed by atoms with Gasteiger partial charge < -0.3 is 11.5 Å². The van der Waals surface area contributed by atoms with Gasteiger partial charge in [0.2, 0.25) is 0 Å². The molecule has 0 radical (unpaired) electrons. The molecule has 1 unspecified atom stereocenters. The fourth-order valence-electron chi connectivity index (χ4n) is 0.970. The molecule has 0 spiro atoms. The van der Waals surface area contributed by atoms with Crippen LogP contribution in [0.15, 0.2) is 18.3 Å². The van der Waals surface area contributed by atoms with E-state index in [1.807, 2.05) is 19.1 Å². The van der Waals surface area contributed by atoms with Gasteiger partial charge in [0.1, 0.15) is 5.82 Å². The first kappa shape index (κ1) is 8.01. The molecule has 3 nitrogen and oxygen atoms in total. The van der Waals surface area contributed by atoms with Crippen molar-refractivity contribution < 1.29 is 0 Å².